The average Bonchev–Trinajstić information content (AvgIpc) is 2.48. The molecule has 12 heavy (non-hydrogen) atoms. The van der Waals surface area contributed by atoms with E-state index in [1.165, 1.54) is 11.5 Å². The van der Waals surface area contributed by atoms with Crippen LogP contribution in [0.2, 0.25) is 15.1 Å². The lowest BCUT2D eigenvalue weighted by Gasteiger charge is -1.97. The Morgan fingerprint density at radius 3 is 2.67 bits per heavy atom. The predicted molar refractivity (Wildman–Crippen MR) is 52.4 cm³/mol. The van der Waals surface area contributed by atoms with Crippen molar-refractivity contribution in [2.75, 3.05) is 0 Å². The maximum atomic E-state index is 5.89. The molecule has 0 fully saturated rings. The maximum Gasteiger partial charge on any atom is 0.109 e. The van der Waals surface area contributed by atoms with Gasteiger partial charge in [-0.3, -0.25) is 0 Å². The quantitative estimate of drug-likeness (QED) is 0.656. The van der Waals surface area contributed by atoms with E-state index in [1.807, 2.05) is 0 Å². The highest BCUT2D eigenvalue weighted by molar-refractivity contribution is 7.13. The van der Waals surface area contributed by atoms with Crippen molar-refractivity contribution in [2.24, 2.45) is 0 Å². The highest BCUT2D eigenvalue weighted by Crippen LogP contribution is 2.37. The highest BCUT2D eigenvalue weighted by atomic mass is 35.5. The first-order chi connectivity index (χ1) is 5.70. The van der Waals surface area contributed by atoms with Crippen LogP contribution in [0.3, 0.4) is 0 Å². The number of rotatable bonds is 0. The summed E-state index contributed by atoms with van der Waals surface area (Å²) in [6, 6.07) is 1.65. The lowest BCUT2D eigenvalue weighted by Crippen LogP contribution is -1.74. The molecular formula is C6HCl3N2S. The summed E-state index contributed by atoms with van der Waals surface area (Å²) in [5, 5.41) is 5.01. The minimum atomic E-state index is 0.358. The Labute approximate surface area is 87.2 Å². The van der Waals surface area contributed by atoms with Gasteiger partial charge in [0.1, 0.15) is 5.52 Å². The van der Waals surface area contributed by atoms with Gasteiger partial charge < -0.3 is 0 Å². The predicted octanol–water partition coefficient (Wildman–Crippen LogP) is 3.65. The molecule has 0 N–H and O–H groups in total. The van der Waals surface area contributed by atoms with Gasteiger partial charge >= 0.3 is 0 Å². The van der Waals surface area contributed by atoms with Crippen LogP contribution in [0.25, 0.3) is 10.2 Å². The van der Waals surface area contributed by atoms with Crippen molar-refractivity contribution in [1.29, 1.82) is 0 Å². The standard InChI is InChI=1S/C6HCl3N2S/c7-2-1-3-6(12-11-10-3)5(9)4(2)8/h1H. The van der Waals surface area contributed by atoms with Crippen LogP contribution in [0.1, 0.15) is 0 Å². The van der Waals surface area contributed by atoms with Crippen LogP contribution in [0.4, 0.5) is 0 Å². The third-order valence-corrected chi connectivity index (χ3v) is 3.51. The van der Waals surface area contributed by atoms with Crippen molar-refractivity contribution in [3.8, 4) is 0 Å². The van der Waals surface area contributed by atoms with Crippen molar-refractivity contribution >= 4 is 56.6 Å². The SMILES string of the molecule is Clc1cc2nnsc2c(Cl)c1Cl. The summed E-state index contributed by atoms with van der Waals surface area (Å²) >= 11 is 18.7. The van der Waals surface area contributed by atoms with Crippen LogP contribution >= 0.6 is 46.3 Å². The summed E-state index contributed by atoms with van der Waals surface area (Å²) < 4.78 is 4.50. The number of hydrogen-bond donors (Lipinski definition) is 0. The Bertz CT molecular complexity index is 440. The van der Waals surface area contributed by atoms with Gasteiger partial charge in [-0.1, -0.05) is 39.3 Å². The molecule has 0 spiro atoms. The number of nitrogens with zero attached hydrogens (tertiary/aromatic N) is 2. The second-order valence-electron chi connectivity index (χ2n) is 2.11. The first kappa shape index (κ1) is 8.51. The van der Waals surface area contributed by atoms with Crippen LogP contribution in [0, 0.1) is 0 Å². The molecule has 0 aliphatic carbocycles. The lowest BCUT2D eigenvalue weighted by molar-refractivity contribution is 1.20. The van der Waals surface area contributed by atoms with Crippen molar-refractivity contribution in [3.05, 3.63) is 21.1 Å². The van der Waals surface area contributed by atoms with Crippen LogP contribution < -0.4 is 0 Å². The van der Waals surface area contributed by atoms with Crippen molar-refractivity contribution in [3.63, 3.8) is 0 Å². The highest BCUT2D eigenvalue weighted by Gasteiger charge is 2.11. The van der Waals surface area contributed by atoms with Gasteiger partial charge in [0, 0.05) is 0 Å². The van der Waals surface area contributed by atoms with E-state index in [9.17, 15) is 0 Å². The number of halogens is 3. The molecule has 0 radical (unpaired) electrons. The normalized spacial score (nSPS) is 10.9. The number of hydrogen-bond acceptors (Lipinski definition) is 3. The van der Waals surface area contributed by atoms with Gasteiger partial charge in [-0.2, -0.15) is 0 Å². The largest absolute Gasteiger partial charge is 0.138 e. The Hall–Kier alpha value is -0.0900. The summed E-state index contributed by atoms with van der Waals surface area (Å²) in [4.78, 5) is 0. The first-order valence-electron chi connectivity index (χ1n) is 2.95. The molecule has 1 aromatic carbocycles. The molecule has 0 saturated carbocycles. The Kier molecular flexibility index (Phi) is 2.12. The third kappa shape index (κ3) is 1.17. The summed E-state index contributed by atoms with van der Waals surface area (Å²) in [6.45, 7) is 0. The molecule has 0 aliphatic heterocycles. The van der Waals surface area contributed by atoms with Crippen LogP contribution in [0.15, 0.2) is 6.07 Å². The maximum absolute atomic E-state index is 5.89. The number of aromatic nitrogens is 2. The number of benzene rings is 1. The van der Waals surface area contributed by atoms with Gasteiger partial charge in [0.15, 0.2) is 0 Å². The fourth-order valence-corrected chi connectivity index (χ4v) is 2.17. The molecule has 0 aliphatic rings. The third-order valence-electron chi connectivity index (χ3n) is 1.38. The minimum absolute atomic E-state index is 0.358. The molecule has 2 aromatic rings. The molecule has 2 rings (SSSR count). The molecule has 0 bridgehead atoms. The van der Waals surface area contributed by atoms with Gasteiger partial charge in [0.05, 0.1) is 19.8 Å². The van der Waals surface area contributed by atoms with Crippen LogP contribution in [-0.4, -0.2) is 9.59 Å². The minimum Gasteiger partial charge on any atom is -0.138 e. The monoisotopic (exact) mass is 238 g/mol. The zero-order valence-electron chi connectivity index (χ0n) is 5.51. The van der Waals surface area contributed by atoms with Crippen molar-refractivity contribution in [2.45, 2.75) is 0 Å². The summed E-state index contributed by atoms with van der Waals surface area (Å²) in [5.74, 6) is 0. The van der Waals surface area contributed by atoms with Gasteiger partial charge in [-0.05, 0) is 17.6 Å². The second kappa shape index (κ2) is 3.00. The van der Waals surface area contributed by atoms with E-state index in [2.05, 4.69) is 9.59 Å². The van der Waals surface area contributed by atoms with E-state index in [-0.39, 0.29) is 0 Å². The zero-order chi connectivity index (χ0) is 8.72. The molecule has 0 unspecified atom stereocenters. The van der Waals surface area contributed by atoms with Gasteiger partial charge in [0.2, 0.25) is 0 Å². The van der Waals surface area contributed by atoms with E-state index in [4.69, 9.17) is 34.8 Å². The Morgan fingerprint density at radius 2 is 1.92 bits per heavy atom. The van der Waals surface area contributed by atoms with Gasteiger partial charge in [-0.15, -0.1) is 5.10 Å². The summed E-state index contributed by atoms with van der Waals surface area (Å²) in [6.07, 6.45) is 0. The van der Waals surface area contributed by atoms with E-state index in [0.717, 1.165) is 4.70 Å². The zero-order valence-corrected chi connectivity index (χ0v) is 8.60. The Morgan fingerprint density at radius 1 is 1.17 bits per heavy atom. The van der Waals surface area contributed by atoms with Crippen molar-refractivity contribution < 1.29 is 0 Å². The molecule has 1 heterocycles. The van der Waals surface area contributed by atoms with E-state index < -0.39 is 0 Å². The van der Waals surface area contributed by atoms with Gasteiger partial charge in [-0.25, -0.2) is 0 Å². The van der Waals surface area contributed by atoms with Crippen molar-refractivity contribution in [1.82, 2.24) is 9.59 Å². The molecular weight excluding hydrogens is 239 g/mol. The van der Waals surface area contributed by atoms with E-state index >= 15 is 0 Å². The molecule has 0 saturated heterocycles. The van der Waals surface area contributed by atoms with Gasteiger partial charge in [0.25, 0.3) is 0 Å². The molecule has 62 valence electrons. The number of fused-ring (bicyclic) bond motifs is 1. The average molecular weight is 240 g/mol. The summed E-state index contributed by atoms with van der Waals surface area (Å²) in [5.41, 5.74) is 0.680. The smallest absolute Gasteiger partial charge is 0.109 e. The van der Waals surface area contributed by atoms with Crippen LogP contribution in [-0.2, 0) is 0 Å². The first-order valence-corrected chi connectivity index (χ1v) is 4.86. The summed E-state index contributed by atoms with van der Waals surface area (Å²) in [7, 11) is 0. The Balaban J connectivity index is 2.94. The topological polar surface area (TPSA) is 25.8 Å². The molecule has 0 atom stereocenters. The molecule has 0 amide bonds. The molecule has 2 nitrogen and oxygen atoms in total. The lowest BCUT2D eigenvalue weighted by atomic mass is 10.3. The molecule has 6 heteroatoms. The van der Waals surface area contributed by atoms with E-state index in [1.54, 1.807) is 6.07 Å². The molecule has 1 aromatic heterocycles. The van der Waals surface area contributed by atoms with E-state index in [0.29, 0.717) is 20.6 Å². The fraction of sp³-hybridized carbons (Fsp3) is 0. The second-order valence-corrected chi connectivity index (χ2v) is 4.02. The fourth-order valence-electron chi connectivity index (χ4n) is 0.832. The van der Waals surface area contributed by atoms with Crippen LogP contribution in [0.5, 0.6) is 0 Å².